The van der Waals surface area contributed by atoms with E-state index in [-0.39, 0.29) is 5.76 Å². The molecule has 68 valence electrons. The number of rotatable bonds is 3. The van der Waals surface area contributed by atoms with Gasteiger partial charge in [0.05, 0.1) is 0 Å². The third-order valence-electron chi connectivity index (χ3n) is 1.84. The van der Waals surface area contributed by atoms with Crippen LogP contribution in [0.15, 0.2) is 25.3 Å². The van der Waals surface area contributed by atoms with Gasteiger partial charge in [0.2, 0.25) is 0 Å². The number of nitrogens with zero attached hydrogens (tertiary/aromatic N) is 1. The average molecular weight is 175 g/mol. The minimum atomic E-state index is -0.00907. The second-order valence-electron chi connectivity index (χ2n) is 2.74. The molecule has 1 N–H and O–H groups in total. The maximum absolute atomic E-state index is 9.25. The molecule has 0 aliphatic rings. The van der Waals surface area contributed by atoms with Gasteiger partial charge in [-0.2, -0.15) is 0 Å². The van der Waals surface area contributed by atoms with Crippen molar-refractivity contribution in [1.82, 2.24) is 4.98 Å². The van der Waals surface area contributed by atoms with Crippen molar-refractivity contribution in [2.24, 2.45) is 0 Å². The van der Waals surface area contributed by atoms with Gasteiger partial charge >= 0.3 is 0 Å². The molecule has 0 bridgehead atoms. The quantitative estimate of drug-likeness (QED) is 0.716. The van der Waals surface area contributed by atoms with Gasteiger partial charge in [0.1, 0.15) is 11.5 Å². The third kappa shape index (κ3) is 1.96. The zero-order valence-electron chi connectivity index (χ0n) is 7.75. The lowest BCUT2D eigenvalue weighted by Crippen LogP contribution is -1.96. The van der Waals surface area contributed by atoms with Crippen molar-refractivity contribution in [2.75, 3.05) is 0 Å². The fourth-order valence-electron chi connectivity index (χ4n) is 1.10. The maximum Gasteiger partial charge on any atom is 0.134 e. The van der Waals surface area contributed by atoms with Gasteiger partial charge in [-0.05, 0) is 12.5 Å². The Morgan fingerprint density at radius 1 is 1.62 bits per heavy atom. The van der Waals surface area contributed by atoms with Crippen molar-refractivity contribution < 1.29 is 5.11 Å². The van der Waals surface area contributed by atoms with Gasteiger partial charge < -0.3 is 5.11 Å². The molecule has 1 aromatic rings. The number of aliphatic hydroxyl groups is 1. The van der Waals surface area contributed by atoms with E-state index in [2.05, 4.69) is 18.1 Å². The molecule has 0 radical (unpaired) electrons. The minimum absolute atomic E-state index is 0.00907. The van der Waals surface area contributed by atoms with E-state index in [1.54, 1.807) is 6.08 Å². The van der Waals surface area contributed by atoms with Gasteiger partial charge in [0.25, 0.3) is 0 Å². The molecule has 0 aromatic carbocycles. The van der Waals surface area contributed by atoms with Crippen LogP contribution in [0.25, 0.3) is 11.8 Å². The first-order valence-corrected chi connectivity index (χ1v) is 4.19. The predicted octanol–water partition coefficient (Wildman–Crippen LogP) is 2.82. The largest absolute Gasteiger partial charge is 0.506 e. The van der Waals surface area contributed by atoms with Gasteiger partial charge in [-0.3, -0.25) is 0 Å². The highest BCUT2D eigenvalue weighted by atomic mass is 16.3. The summed E-state index contributed by atoms with van der Waals surface area (Å²) >= 11 is 0. The zero-order valence-corrected chi connectivity index (χ0v) is 7.75. The summed E-state index contributed by atoms with van der Waals surface area (Å²) < 4.78 is 0. The van der Waals surface area contributed by atoms with Crippen LogP contribution >= 0.6 is 0 Å². The molecule has 0 aliphatic carbocycles. The summed E-state index contributed by atoms with van der Waals surface area (Å²) in [4.78, 5) is 4.24. The van der Waals surface area contributed by atoms with Gasteiger partial charge in [0.15, 0.2) is 0 Å². The van der Waals surface area contributed by atoms with E-state index in [1.165, 1.54) is 0 Å². The van der Waals surface area contributed by atoms with Gasteiger partial charge in [0, 0.05) is 11.3 Å². The van der Waals surface area contributed by atoms with Crippen LogP contribution in [0.3, 0.4) is 0 Å². The molecule has 0 unspecified atom stereocenters. The number of aliphatic hydroxyl groups excluding tert-OH is 1. The molecule has 1 heterocycles. The molecule has 0 saturated heterocycles. The van der Waals surface area contributed by atoms with Crippen molar-refractivity contribution >= 4 is 11.8 Å². The van der Waals surface area contributed by atoms with E-state index in [0.717, 1.165) is 17.7 Å². The monoisotopic (exact) mass is 175 g/mol. The number of hydrogen-bond donors (Lipinski definition) is 1. The molecule has 0 fully saturated rings. The van der Waals surface area contributed by atoms with Crippen molar-refractivity contribution in [3.8, 4) is 0 Å². The molecule has 0 amide bonds. The molecule has 13 heavy (non-hydrogen) atoms. The van der Waals surface area contributed by atoms with E-state index < -0.39 is 0 Å². The van der Waals surface area contributed by atoms with E-state index in [4.69, 9.17) is 0 Å². The van der Waals surface area contributed by atoms with E-state index in [9.17, 15) is 5.11 Å². The van der Waals surface area contributed by atoms with Crippen LogP contribution in [0, 0.1) is 0 Å². The molecular weight excluding hydrogens is 162 g/mol. The van der Waals surface area contributed by atoms with Gasteiger partial charge in [-0.1, -0.05) is 32.2 Å². The normalized spacial score (nSPS) is 9.62. The highest BCUT2D eigenvalue weighted by Crippen LogP contribution is 2.15. The lowest BCUT2D eigenvalue weighted by atomic mass is 10.1. The maximum atomic E-state index is 9.25. The third-order valence-corrected chi connectivity index (χ3v) is 1.84. The van der Waals surface area contributed by atoms with Crippen LogP contribution in [-0.4, -0.2) is 10.1 Å². The number of hydrogen-bond acceptors (Lipinski definition) is 2. The van der Waals surface area contributed by atoms with Crippen molar-refractivity contribution in [2.45, 2.75) is 13.3 Å². The topological polar surface area (TPSA) is 33.1 Å². The summed E-state index contributed by atoms with van der Waals surface area (Å²) in [5.74, 6) is -0.00907. The number of aromatic nitrogens is 1. The van der Waals surface area contributed by atoms with E-state index in [0.29, 0.717) is 5.69 Å². The van der Waals surface area contributed by atoms with Crippen molar-refractivity contribution in [3.05, 3.63) is 42.2 Å². The molecule has 1 aromatic heterocycles. The second-order valence-corrected chi connectivity index (χ2v) is 2.74. The van der Waals surface area contributed by atoms with Crippen LogP contribution in [0.2, 0.25) is 0 Å². The molecule has 1 rings (SSSR count). The van der Waals surface area contributed by atoms with Crippen LogP contribution in [0.4, 0.5) is 0 Å². The van der Waals surface area contributed by atoms with E-state index in [1.807, 2.05) is 19.1 Å². The first kappa shape index (κ1) is 9.52. The SMILES string of the molecule is C=Cc1ccc(CC)nc1C(=C)O. The van der Waals surface area contributed by atoms with Crippen molar-refractivity contribution in [1.29, 1.82) is 0 Å². The molecule has 0 atom stereocenters. The average Bonchev–Trinajstić information content (AvgIpc) is 2.16. The zero-order chi connectivity index (χ0) is 9.84. The summed E-state index contributed by atoms with van der Waals surface area (Å²) in [5, 5.41) is 9.25. The number of aryl methyl sites for hydroxylation is 1. The van der Waals surface area contributed by atoms with Crippen LogP contribution in [0.5, 0.6) is 0 Å². The molecule has 2 heteroatoms. The lowest BCUT2D eigenvalue weighted by Gasteiger charge is -2.05. The Balaban J connectivity index is 3.25. The Morgan fingerprint density at radius 3 is 2.77 bits per heavy atom. The second kappa shape index (κ2) is 3.90. The fraction of sp³-hybridized carbons (Fsp3) is 0.182. The summed E-state index contributed by atoms with van der Waals surface area (Å²) in [6.45, 7) is 9.11. The first-order valence-electron chi connectivity index (χ1n) is 4.19. The number of pyridine rings is 1. The van der Waals surface area contributed by atoms with Gasteiger partial charge in [-0.25, -0.2) is 4.98 Å². The standard InChI is InChI=1S/C11H13NO/c1-4-9-6-7-10(5-2)12-11(9)8(3)13/h4,6-7,13H,1,3,5H2,2H3. The Kier molecular flexibility index (Phi) is 2.85. The fourth-order valence-corrected chi connectivity index (χ4v) is 1.10. The molecular formula is C11H13NO. The van der Waals surface area contributed by atoms with Crippen LogP contribution in [0.1, 0.15) is 23.9 Å². The van der Waals surface area contributed by atoms with Crippen molar-refractivity contribution in [3.63, 3.8) is 0 Å². The minimum Gasteiger partial charge on any atom is -0.506 e. The van der Waals surface area contributed by atoms with Crippen LogP contribution < -0.4 is 0 Å². The Labute approximate surface area is 78.3 Å². The predicted molar refractivity (Wildman–Crippen MR) is 55.4 cm³/mol. The summed E-state index contributed by atoms with van der Waals surface area (Å²) in [7, 11) is 0. The summed E-state index contributed by atoms with van der Waals surface area (Å²) in [5.41, 5.74) is 2.27. The smallest absolute Gasteiger partial charge is 0.134 e. The van der Waals surface area contributed by atoms with Crippen LogP contribution in [-0.2, 0) is 6.42 Å². The lowest BCUT2D eigenvalue weighted by molar-refractivity contribution is 0.510. The Hall–Kier alpha value is -1.57. The Bertz CT molecular complexity index is 342. The highest BCUT2D eigenvalue weighted by molar-refractivity contribution is 5.65. The molecule has 0 spiro atoms. The summed E-state index contributed by atoms with van der Waals surface area (Å²) in [6, 6.07) is 3.80. The van der Waals surface area contributed by atoms with E-state index >= 15 is 0 Å². The highest BCUT2D eigenvalue weighted by Gasteiger charge is 2.04. The molecule has 2 nitrogen and oxygen atoms in total. The first-order chi connectivity index (χ1) is 6.19. The molecule has 0 saturated carbocycles. The molecule has 0 aliphatic heterocycles. The summed E-state index contributed by atoms with van der Waals surface area (Å²) in [6.07, 6.45) is 2.50. The van der Waals surface area contributed by atoms with Gasteiger partial charge in [-0.15, -0.1) is 0 Å². The Morgan fingerprint density at radius 2 is 2.31 bits per heavy atom.